The molecule has 0 amide bonds. The number of aromatic nitrogens is 3. The maximum Gasteiger partial charge on any atom is 0.425 e. The zero-order valence-electron chi connectivity index (χ0n) is 42.5. The van der Waals surface area contributed by atoms with Crippen LogP contribution in [0.1, 0.15) is 40.7 Å². The van der Waals surface area contributed by atoms with Gasteiger partial charge in [-0.3, -0.25) is 22.6 Å². The molecular formula is C46H42N10O19S7. The van der Waals surface area contributed by atoms with Gasteiger partial charge in [-0.25, -0.2) is 9.97 Å². The van der Waals surface area contributed by atoms with Gasteiger partial charge in [0.05, 0.1) is 69.5 Å². The molecule has 0 fully saturated rings. The van der Waals surface area contributed by atoms with E-state index < -0.39 is 79.0 Å². The van der Waals surface area contributed by atoms with Gasteiger partial charge in [0, 0.05) is 28.0 Å². The van der Waals surface area contributed by atoms with Crippen LogP contribution in [-0.2, 0) is 57.7 Å². The molecule has 82 heavy (non-hydrogen) atoms. The van der Waals surface area contributed by atoms with Crippen molar-refractivity contribution in [1.82, 2.24) is 14.4 Å². The van der Waals surface area contributed by atoms with E-state index in [-0.39, 0.29) is 114 Å². The van der Waals surface area contributed by atoms with Crippen LogP contribution >= 0.6 is 23.1 Å². The highest BCUT2D eigenvalue weighted by molar-refractivity contribution is 7.99. The summed E-state index contributed by atoms with van der Waals surface area (Å²) in [5, 5.41) is 58.0. The zero-order chi connectivity index (χ0) is 60.2. The number of ether oxygens (including phenoxy) is 2. The highest BCUT2D eigenvalue weighted by atomic mass is 32.2. The van der Waals surface area contributed by atoms with Crippen molar-refractivity contribution in [2.75, 3.05) is 31.0 Å². The van der Waals surface area contributed by atoms with Gasteiger partial charge in [-0.05, 0) is 110 Å². The lowest BCUT2D eigenvalue weighted by molar-refractivity contribution is 0.283. The predicted molar refractivity (Wildman–Crippen MR) is 296 cm³/mol. The summed E-state index contributed by atoms with van der Waals surface area (Å²) in [6.07, 6.45) is -0.144. The number of azo groups is 3. The van der Waals surface area contributed by atoms with Crippen molar-refractivity contribution in [2.45, 2.75) is 54.9 Å². The van der Waals surface area contributed by atoms with Gasteiger partial charge in [0.2, 0.25) is 11.0 Å². The van der Waals surface area contributed by atoms with Gasteiger partial charge >= 0.3 is 10.6 Å². The minimum Gasteiger partial charge on any atom is -0.497 e. The van der Waals surface area contributed by atoms with E-state index >= 15 is 0 Å². The van der Waals surface area contributed by atoms with Crippen LogP contribution in [0.2, 0.25) is 0 Å². The van der Waals surface area contributed by atoms with E-state index in [0.717, 1.165) is 41.3 Å². The van der Waals surface area contributed by atoms with Crippen LogP contribution in [0.5, 0.6) is 17.4 Å². The Kier molecular flexibility index (Phi) is 18.8. The molecule has 3 heterocycles. The molecule has 8 aromatic rings. The lowest BCUT2D eigenvalue weighted by Gasteiger charge is -2.12. The molecule has 0 saturated carbocycles. The first-order valence-electron chi connectivity index (χ1n) is 23.0. The average Bonchev–Trinajstić information content (AvgIpc) is 2.04. The fourth-order valence-corrected chi connectivity index (χ4v) is 12.2. The first kappa shape index (κ1) is 62.1. The molecule has 0 aliphatic rings. The molecule has 5 aromatic carbocycles. The molecule has 6 N–H and O–H groups in total. The quantitative estimate of drug-likeness (QED) is 0.0179. The first-order valence-corrected chi connectivity index (χ1v) is 31.9. The number of benzene rings is 5. The van der Waals surface area contributed by atoms with Crippen LogP contribution in [0, 0.1) is 32.1 Å². The summed E-state index contributed by atoms with van der Waals surface area (Å²) in [6.45, 7) is 3.84. The number of rotatable bonds is 20. The summed E-state index contributed by atoms with van der Waals surface area (Å²) >= 11 is 1.88. The molecule has 0 bridgehead atoms. The topological polar surface area (TPSA) is 456 Å². The number of aliphatic hydroxyl groups is 1. The number of aryl methyl sites for hydroxylation is 2. The number of methoxy groups -OCH3 is 1. The molecule has 0 radical (unpaired) electrons. The number of hydrogen-bond donors (Lipinski definition) is 6. The van der Waals surface area contributed by atoms with Crippen LogP contribution in [0.25, 0.3) is 37.7 Å². The van der Waals surface area contributed by atoms with Gasteiger partial charge in [-0.1, -0.05) is 11.3 Å². The van der Waals surface area contributed by atoms with Crippen LogP contribution in [-0.4, -0.2) is 120 Å². The van der Waals surface area contributed by atoms with E-state index in [1.807, 2.05) is 0 Å². The van der Waals surface area contributed by atoms with E-state index in [2.05, 4.69) is 46.7 Å². The Balaban J connectivity index is 0.00000234. The Morgan fingerprint density at radius 2 is 1.37 bits per heavy atom. The van der Waals surface area contributed by atoms with Crippen molar-refractivity contribution in [3.63, 3.8) is 0 Å². The standard InChI is InChI=1S/C46H42N10O16S6.O3S/c1-23-13-35(52-54-41-25(3)31(21-47)44-48-34-16-27(71-4)7-8-37(34)56(44)45(41)58)38(72-9-5-11-75(59,60)61)19-32(23)50-53-36-14-24(2)33(20-39(36)73-10-6-12-76(62,63)64)51-55-46-49-42-40(78(68,69)70)18-29-26(22-57)15-28(77(65,66)67)17-30(29)43(42)74-46;1-4(2)3/h7-8,13-20,57-58H,5-6,9-12,22H2,1-4H3,(H,59,60,61)(H,62,63,64)(H,65,66,67)(H,68,69,70);. The van der Waals surface area contributed by atoms with Crippen molar-refractivity contribution < 1.29 is 84.2 Å². The Bertz CT molecular complexity index is 4640. The van der Waals surface area contributed by atoms with Crippen LogP contribution < -0.4 is 9.47 Å². The number of imidazole rings is 1. The van der Waals surface area contributed by atoms with Crippen LogP contribution in [0.3, 0.4) is 0 Å². The molecule has 3 aromatic heterocycles. The number of hydrogen-bond acceptors (Lipinski definition) is 26. The van der Waals surface area contributed by atoms with Gasteiger partial charge in [0.25, 0.3) is 40.5 Å². The summed E-state index contributed by atoms with van der Waals surface area (Å²) in [5.41, 5.74) is 2.53. The van der Waals surface area contributed by atoms with Gasteiger partial charge in [-0.2, -0.15) is 44.0 Å². The second kappa shape index (κ2) is 24.9. The van der Waals surface area contributed by atoms with Gasteiger partial charge < -0.3 is 19.7 Å². The Morgan fingerprint density at radius 3 is 1.99 bits per heavy atom. The van der Waals surface area contributed by atoms with Gasteiger partial charge in [-0.15, -0.1) is 50.0 Å². The number of aliphatic hydroxyl groups excluding tert-OH is 1. The van der Waals surface area contributed by atoms with Crippen molar-refractivity contribution in [3.05, 3.63) is 88.5 Å². The minimum absolute atomic E-state index is 0.00237. The monoisotopic (exact) mass is 1260 g/mol. The largest absolute Gasteiger partial charge is 0.497 e. The second-order valence-electron chi connectivity index (χ2n) is 17.2. The lowest BCUT2D eigenvalue weighted by Crippen LogP contribution is -2.08. The number of thiazole rings is 1. The Labute approximate surface area is 474 Å². The molecule has 0 aliphatic heterocycles. The summed E-state index contributed by atoms with van der Waals surface area (Å²) in [5.74, 6) is -0.930. The first-order chi connectivity index (χ1) is 38.4. The van der Waals surface area contributed by atoms with E-state index in [9.17, 15) is 67.4 Å². The van der Waals surface area contributed by atoms with Crippen molar-refractivity contribution in [3.8, 4) is 23.4 Å². The molecular weight excluding hydrogens is 1220 g/mol. The molecule has 8 rings (SSSR count). The van der Waals surface area contributed by atoms with E-state index in [0.29, 0.717) is 32.8 Å². The predicted octanol–water partition coefficient (Wildman–Crippen LogP) is 9.02. The molecule has 0 atom stereocenters. The fourth-order valence-electron chi connectivity index (χ4n) is 7.88. The normalized spacial score (nSPS) is 12.5. The third kappa shape index (κ3) is 14.7. The highest BCUT2D eigenvalue weighted by Gasteiger charge is 2.25. The van der Waals surface area contributed by atoms with Crippen molar-refractivity contribution in [1.29, 1.82) is 5.26 Å². The van der Waals surface area contributed by atoms with E-state index in [4.69, 9.17) is 22.1 Å². The third-order valence-corrected chi connectivity index (χ3v) is 17.0. The summed E-state index contributed by atoms with van der Waals surface area (Å²) in [4.78, 5) is 7.91. The average molecular weight is 1260 g/mol. The highest BCUT2D eigenvalue weighted by Crippen LogP contribution is 2.45. The third-order valence-electron chi connectivity index (χ3n) is 11.6. The zero-order valence-corrected chi connectivity index (χ0v) is 48.3. The molecule has 0 saturated heterocycles. The maximum absolute atomic E-state index is 12.6. The molecule has 0 spiro atoms. The molecule has 29 nitrogen and oxygen atoms in total. The number of nitrogens with zero attached hydrogens (tertiary/aromatic N) is 10. The summed E-state index contributed by atoms with van der Waals surface area (Å²) in [7, 11) is -20.1. The number of thioether (sulfide) groups is 1. The minimum atomic E-state index is -4.97. The smallest absolute Gasteiger partial charge is 0.425 e. The van der Waals surface area contributed by atoms with Crippen LogP contribution in [0.4, 0.5) is 33.6 Å². The Morgan fingerprint density at radius 1 is 0.744 bits per heavy atom. The number of pyridine rings is 1. The van der Waals surface area contributed by atoms with Gasteiger partial charge in [0.15, 0.2) is 11.3 Å². The molecule has 0 unspecified atom stereocenters. The number of fused-ring (bicyclic) bond motifs is 6. The fraction of sp³-hybridized carbons (Fsp3) is 0.239. The SMILES string of the molecule is COc1ccc2c(c1)nc1c(C#N)c(C)c(N=Nc3cc(C)c(N=Nc4cc(C)c(N=Nc5nc6c(S(=O)(=O)O)cc7c(CO)cc(S(=O)(=O)O)cc7c6s5)cc4SCCCS(=O)(=O)O)cc3OCCCS(=O)(=O)O)c(O)n12.O=S(=O)=O. The summed E-state index contributed by atoms with van der Waals surface area (Å²) in [6, 6.07) is 16.1. The maximum atomic E-state index is 12.6. The molecule has 0 aliphatic carbocycles. The molecule has 432 valence electrons. The van der Waals surface area contributed by atoms with Crippen molar-refractivity contribution >= 4 is 145 Å². The molecule has 36 heteroatoms. The second-order valence-corrected chi connectivity index (χ2v) is 25.7. The van der Waals surface area contributed by atoms with Crippen LogP contribution in [0.15, 0.2) is 106 Å². The lowest BCUT2D eigenvalue weighted by atomic mass is 10.0. The van der Waals surface area contributed by atoms with Gasteiger partial charge in [0.1, 0.15) is 39.2 Å². The van der Waals surface area contributed by atoms with E-state index in [1.54, 1.807) is 51.1 Å². The number of aromatic hydroxyl groups is 1. The number of nitriles is 1. The summed E-state index contributed by atoms with van der Waals surface area (Å²) < 4.78 is 172. The van der Waals surface area contributed by atoms with Crippen molar-refractivity contribution in [2.24, 2.45) is 30.7 Å². The Hall–Kier alpha value is -7.54. The van der Waals surface area contributed by atoms with E-state index in [1.165, 1.54) is 23.6 Å².